The molecule has 0 fully saturated rings. The van der Waals surface area contributed by atoms with Crippen LogP contribution in [0.25, 0.3) is 44.8 Å². The molecule has 221 valence electrons. The molecular weight excluding hydrogens is 757 g/mol. The number of hydrogen-bond donors (Lipinski definition) is 0. The second-order valence-corrected chi connectivity index (χ2v) is 18.3. The van der Waals surface area contributed by atoms with E-state index in [1.165, 1.54) is 5.19 Å². The van der Waals surface area contributed by atoms with Crippen LogP contribution in [0.15, 0.2) is 137 Å². The van der Waals surface area contributed by atoms with Gasteiger partial charge in [0.15, 0.2) is 9.84 Å². The molecule has 0 saturated carbocycles. The molecule has 3 heterocycles. The average Bonchev–Trinajstić information content (AvgIpc) is 3.28. The smallest absolute Gasteiger partial charge is 0.173 e. The number of pyridine rings is 2. The van der Waals surface area contributed by atoms with Gasteiger partial charge in [-0.3, -0.25) is 0 Å². The van der Waals surface area contributed by atoms with Crippen molar-refractivity contribution in [3.05, 3.63) is 140 Å². The van der Waals surface area contributed by atoms with E-state index >= 15 is 0 Å². The summed E-state index contributed by atoms with van der Waals surface area (Å²) in [6, 6.07) is 43.2. The second kappa shape index (κ2) is 12.9. The van der Waals surface area contributed by atoms with Crippen molar-refractivity contribution in [2.24, 2.45) is 0 Å². The van der Waals surface area contributed by atoms with Crippen LogP contribution < -0.4 is 5.19 Å². The average molecular weight is 787 g/mol. The zero-order valence-corrected chi connectivity index (χ0v) is 28.8. The predicted octanol–water partition coefficient (Wildman–Crippen LogP) is 8.12. The van der Waals surface area contributed by atoms with Crippen LogP contribution in [0.1, 0.15) is 0 Å². The quantitative estimate of drug-likeness (QED) is 0.134. The third-order valence-corrected chi connectivity index (χ3v) is 11.3. The molecule has 0 unspecified atom stereocenters. The van der Waals surface area contributed by atoms with Crippen LogP contribution in [0.5, 0.6) is 0 Å². The summed E-state index contributed by atoms with van der Waals surface area (Å²) in [4.78, 5) is 9.67. The Morgan fingerprint density at radius 3 is 2.07 bits per heavy atom. The summed E-state index contributed by atoms with van der Waals surface area (Å²) in [7, 11) is -5.16. The van der Waals surface area contributed by atoms with Crippen LogP contribution in [-0.4, -0.2) is 26.5 Å². The molecule has 44 heavy (non-hydrogen) atoms. The zero-order chi connectivity index (χ0) is 30.0. The number of fused-ring (bicyclic) bond motifs is 3. The van der Waals surface area contributed by atoms with Gasteiger partial charge in [0.1, 0.15) is 0 Å². The molecule has 0 saturated heterocycles. The summed E-state index contributed by atoms with van der Waals surface area (Å²) in [5.41, 5.74) is 7.45. The number of aromatic nitrogens is 2. The Kier molecular flexibility index (Phi) is 9.23. The first-order valence-corrected chi connectivity index (χ1v) is 19.1. The van der Waals surface area contributed by atoms with Crippen LogP contribution in [0.2, 0.25) is 19.6 Å². The Labute approximate surface area is 274 Å². The summed E-state index contributed by atoms with van der Waals surface area (Å²) >= 11 is 0. The summed E-state index contributed by atoms with van der Waals surface area (Å²) in [6.45, 7) is 6.98. The van der Waals surface area contributed by atoms with Gasteiger partial charge in [0.05, 0.1) is 13.0 Å². The van der Waals surface area contributed by atoms with E-state index in [-0.39, 0.29) is 20.1 Å². The van der Waals surface area contributed by atoms with Crippen molar-refractivity contribution < 1.29 is 28.5 Å². The van der Waals surface area contributed by atoms with Crippen molar-refractivity contribution in [3.8, 4) is 44.8 Å². The first-order chi connectivity index (χ1) is 20.7. The Morgan fingerprint density at radius 2 is 1.36 bits per heavy atom. The molecule has 7 rings (SSSR count). The largest absolute Gasteiger partial charge is 0.305 e. The van der Waals surface area contributed by atoms with Crippen molar-refractivity contribution >= 4 is 23.1 Å². The van der Waals surface area contributed by atoms with E-state index in [1.807, 2.05) is 85.1 Å². The fourth-order valence-electron chi connectivity index (χ4n) is 5.25. The van der Waals surface area contributed by atoms with Gasteiger partial charge >= 0.3 is 0 Å². The molecule has 1 aliphatic heterocycles. The van der Waals surface area contributed by atoms with Crippen molar-refractivity contribution in [1.82, 2.24) is 9.97 Å². The molecule has 4 nitrogen and oxygen atoms in total. The number of rotatable bonds is 4. The van der Waals surface area contributed by atoms with Crippen LogP contribution >= 0.6 is 0 Å². The van der Waals surface area contributed by atoms with E-state index in [0.717, 1.165) is 44.8 Å². The van der Waals surface area contributed by atoms with E-state index in [2.05, 4.69) is 55.0 Å². The maximum atomic E-state index is 12.9. The zero-order valence-electron chi connectivity index (χ0n) is 24.6. The van der Waals surface area contributed by atoms with Gasteiger partial charge in [-0.2, -0.15) is 0 Å². The van der Waals surface area contributed by atoms with Crippen LogP contribution in [0, 0.1) is 12.1 Å². The van der Waals surface area contributed by atoms with Gasteiger partial charge < -0.3 is 9.97 Å². The number of benzene rings is 4. The van der Waals surface area contributed by atoms with Gasteiger partial charge in [0.25, 0.3) is 0 Å². The molecule has 4 aromatic carbocycles. The third-order valence-electron chi connectivity index (χ3n) is 7.39. The van der Waals surface area contributed by atoms with Crippen LogP contribution in [0.3, 0.4) is 0 Å². The standard InChI is InChI=1S/C26H22NO2SSi.C11H8N.Ir/c1-31(2,3)26-16-23(27-17-22(26)18-9-5-4-6-10-18)19-13-14-25-21(15-19)20-11-7-8-12-24(20)30(25,28)29;1-2-6-10(7-3-1)11-8-4-5-9-12-11;/h4-12,14-17H,1-3H3;1-6,8-9H;/q2*-1;. The first kappa shape index (κ1) is 31.4. The Hall–Kier alpha value is -4.00. The first-order valence-electron chi connectivity index (χ1n) is 14.1. The van der Waals surface area contributed by atoms with Gasteiger partial charge in [0.2, 0.25) is 0 Å². The van der Waals surface area contributed by atoms with Crippen molar-refractivity contribution in [1.29, 1.82) is 0 Å². The fraction of sp³-hybridized carbons (Fsp3) is 0.0811. The van der Waals surface area contributed by atoms with Crippen molar-refractivity contribution in [3.63, 3.8) is 0 Å². The monoisotopic (exact) mass is 787 g/mol. The number of sulfone groups is 1. The minimum absolute atomic E-state index is 0. The minimum Gasteiger partial charge on any atom is -0.305 e. The fourth-order valence-corrected chi connectivity index (χ4v) is 8.47. The maximum Gasteiger partial charge on any atom is 0.173 e. The summed E-state index contributed by atoms with van der Waals surface area (Å²) in [5, 5.41) is 1.32. The SMILES string of the molecule is C[Si](C)(C)c1cc(-c2[c-]cc3c(c2)-c2ccccc2S3(=O)=O)ncc1-c1ccccc1.[Ir].[c-]1ccccc1-c1ccccn1. The molecular formula is C37H30IrN2O2SSi-2. The van der Waals surface area contributed by atoms with Gasteiger partial charge in [-0.05, 0) is 45.1 Å². The number of hydrogen-bond acceptors (Lipinski definition) is 4. The molecule has 1 aliphatic rings. The van der Waals surface area contributed by atoms with Gasteiger partial charge in [-0.1, -0.05) is 97.1 Å². The normalized spacial score (nSPS) is 12.6. The molecule has 0 amide bonds. The van der Waals surface area contributed by atoms with E-state index in [1.54, 1.807) is 24.4 Å². The molecule has 6 aromatic rings. The van der Waals surface area contributed by atoms with Crippen LogP contribution in [-0.2, 0) is 29.9 Å². The summed E-state index contributed by atoms with van der Waals surface area (Å²) in [6.07, 6.45) is 3.74. The topological polar surface area (TPSA) is 59.9 Å². The van der Waals surface area contributed by atoms with Crippen molar-refractivity contribution in [2.45, 2.75) is 29.4 Å². The number of nitrogens with zero attached hydrogens (tertiary/aromatic N) is 2. The minimum atomic E-state index is -3.48. The van der Waals surface area contributed by atoms with Crippen LogP contribution in [0.4, 0.5) is 0 Å². The third kappa shape index (κ3) is 6.28. The van der Waals surface area contributed by atoms with E-state index in [0.29, 0.717) is 9.79 Å². The van der Waals surface area contributed by atoms with E-state index < -0.39 is 17.9 Å². The molecule has 2 aromatic heterocycles. The maximum absolute atomic E-state index is 12.9. The van der Waals surface area contributed by atoms with E-state index in [9.17, 15) is 8.42 Å². The molecule has 1 radical (unpaired) electrons. The van der Waals surface area contributed by atoms with Gasteiger partial charge in [0, 0.05) is 32.5 Å². The molecule has 7 heteroatoms. The molecule has 0 spiro atoms. The molecule has 0 aliphatic carbocycles. The molecule has 0 N–H and O–H groups in total. The predicted molar refractivity (Wildman–Crippen MR) is 176 cm³/mol. The summed E-state index contributed by atoms with van der Waals surface area (Å²) in [5.74, 6) is 0. The Balaban J connectivity index is 0.000000248. The molecule has 0 bridgehead atoms. The van der Waals surface area contributed by atoms with Gasteiger partial charge in [-0.15, -0.1) is 59.7 Å². The Bertz CT molecular complexity index is 1980. The Morgan fingerprint density at radius 1 is 0.636 bits per heavy atom. The van der Waals surface area contributed by atoms with Gasteiger partial charge in [-0.25, -0.2) is 8.42 Å². The molecule has 0 atom stereocenters. The second-order valence-electron chi connectivity index (χ2n) is 11.3. The van der Waals surface area contributed by atoms with Crippen molar-refractivity contribution in [2.75, 3.05) is 0 Å². The summed E-state index contributed by atoms with van der Waals surface area (Å²) < 4.78 is 25.8. The van der Waals surface area contributed by atoms with E-state index in [4.69, 9.17) is 4.98 Å².